The van der Waals surface area contributed by atoms with E-state index in [1.807, 2.05) is 13.1 Å². The number of rotatable bonds is 10. The minimum absolute atomic E-state index is 0. The first-order valence-electron chi connectivity index (χ1n) is 8.99. The fraction of sp³-hybridized carbons (Fsp3) is 0.778. The zero-order chi connectivity index (χ0) is 16.9. The van der Waals surface area contributed by atoms with Crippen molar-refractivity contribution in [3.63, 3.8) is 0 Å². The minimum atomic E-state index is 0. The molecule has 0 aromatic carbocycles. The molecule has 1 fully saturated rings. The molecule has 5 nitrogen and oxygen atoms in total. The Bertz CT molecular complexity index is 381. The van der Waals surface area contributed by atoms with Crippen LogP contribution in [0.15, 0.2) is 17.6 Å². The van der Waals surface area contributed by atoms with Crippen LogP contribution >= 0.6 is 24.0 Å². The highest BCUT2D eigenvalue weighted by molar-refractivity contribution is 14.0. The number of carbonyl (C=O) groups excluding carboxylic acids is 1. The van der Waals surface area contributed by atoms with Crippen LogP contribution in [0.4, 0.5) is 0 Å². The lowest BCUT2D eigenvalue weighted by molar-refractivity contribution is -0.121. The van der Waals surface area contributed by atoms with E-state index in [2.05, 4.69) is 27.1 Å². The van der Waals surface area contributed by atoms with E-state index in [0.717, 1.165) is 38.2 Å². The van der Waals surface area contributed by atoms with Gasteiger partial charge in [0, 0.05) is 39.6 Å². The van der Waals surface area contributed by atoms with E-state index in [-0.39, 0.29) is 29.9 Å². The quantitative estimate of drug-likeness (QED) is 0.177. The van der Waals surface area contributed by atoms with E-state index < -0.39 is 0 Å². The summed E-state index contributed by atoms with van der Waals surface area (Å²) in [5.74, 6) is 1.01. The number of allylic oxidation sites excluding steroid dienone is 1. The fourth-order valence-corrected chi connectivity index (χ4v) is 2.96. The molecular weight excluding hydrogens is 415 g/mol. The molecule has 1 aliphatic rings. The van der Waals surface area contributed by atoms with Gasteiger partial charge in [0.25, 0.3) is 0 Å². The summed E-state index contributed by atoms with van der Waals surface area (Å²) in [4.78, 5) is 18.3. The Hall–Kier alpha value is -0.790. The molecular formula is C18H35IN4O. The van der Waals surface area contributed by atoms with Gasteiger partial charge in [-0.25, -0.2) is 0 Å². The standard InChI is InChI=1S/C18H34N4O.HI/c1-4-5-6-7-10-15-22(3)18(19-2)20-14-13-17(23)21-16-11-8-9-12-16;/h4,16H,1,5-15H2,2-3H3,(H,19,20)(H,21,23);1H. The summed E-state index contributed by atoms with van der Waals surface area (Å²) in [6, 6.07) is 0.403. The molecule has 0 bridgehead atoms. The van der Waals surface area contributed by atoms with Gasteiger partial charge in [-0.05, 0) is 32.1 Å². The lowest BCUT2D eigenvalue weighted by Crippen LogP contribution is -2.41. The maximum atomic E-state index is 11.9. The molecule has 140 valence electrons. The first kappa shape index (κ1) is 23.2. The molecule has 1 aliphatic carbocycles. The van der Waals surface area contributed by atoms with Gasteiger partial charge in [0.2, 0.25) is 5.91 Å². The summed E-state index contributed by atoms with van der Waals surface area (Å²) in [5.41, 5.74) is 0. The Morgan fingerprint density at radius 1 is 1.29 bits per heavy atom. The number of carbonyl (C=O) groups is 1. The van der Waals surface area contributed by atoms with Crippen LogP contribution in [0.2, 0.25) is 0 Å². The highest BCUT2D eigenvalue weighted by Crippen LogP contribution is 2.17. The van der Waals surface area contributed by atoms with E-state index >= 15 is 0 Å². The zero-order valence-corrected chi connectivity index (χ0v) is 17.7. The number of halogens is 1. The van der Waals surface area contributed by atoms with Gasteiger partial charge in [-0.2, -0.15) is 0 Å². The highest BCUT2D eigenvalue weighted by atomic mass is 127. The highest BCUT2D eigenvalue weighted by Gasteiger charge is 2.16. The molecule has 2 N–H and O–H groups in total. The Balaban J connectivity index is 0.00000529. The van der Waals surface area contributed by atoms with Gasteiger partial charge in [0.1, 0.15) is 0 Å². The Morgan fingerprint density at radius 3 is 2.62 bits per heavy atom. The SMILES string of the molecule is C=CCCCCCN(C)C(=NC)NCCC(=O)NC1CCCC1.I. The van der Waals surface area contributed by atoms with Crippen molar-refractivity contribution in [1.29, 1.82) is 0 Å². The monoisotopic (exact) mass is 450 g/mol. The summed E-state index contributed by atoms with van der Waals surface area (Å²) in [6.45, 7) is 5.35. The summed E-state index contributed by atoms with van der Waals surface area (Å²) in [5, 5.41) is 6.39. The molecule has 0 heterocycles. The number of aliphatic imine (C=N–C) groups is 1. The molecule has 1 amide bonds. The second-order valence-electron chi connectivity index (χ2n) is 6.33. The van der Waals surface area contributed by atoms with E-state index in [4.69, 9.17) is 0 Å². The molecule has 1 saturated carbocycles. The number of hydrogen-bond donors (Lipinski definition) is 2. The van der Waals surface area contributed by atoms with Crippen molar-refractivity contribution in [3.8, 4) is 0 Å². The number of nitrogens with zero attached hydrogens (tertiary/aromatic N) is 2. The fourth-order valence-electron chi connectivity index (χ4n) is 2.96. The molecule has 0 aliphatic heterocycles. The van der Waals surface area contributed by atoms with E-state index in [1.54, 1.807) is 7.05 Å². The minimum Gasteiger partial charge on any atom is -0.356 e. The van der Waals surface area contributed by atoms with E-state index in [1.165, 1.54) is 25.7 Å². The van der Waals surface area contributed by atoms with Crippen molar-refractivity contribution in [2.45, 2.75) is 63.8 Å². The normalized spacial score (nSPS) is 14.8. The molecule has 6 heteroatoms. The van der Waals surface area contributed by atoms with Crippen LogP contribution in [-0.4, -0.2) is 50.0 Å². The number of unbranched alkanes of at least 4 members (excludes halogenated alkanes) is 3. The number of amides is 1. The lowest BCUT2D eigenvalue weighted by atomic mass is 10.2. The lowest BCUT2D eigenvalue weighted by Gasteiger charge is -2.22. The molecule has 0 atom stereocenters. The van der Waals surface area contributed by atoms with Gasteiger partial charge in [-0.1, -0.05) is 25.3 Å². The zero-order valence-electron chi connectivity index (χ0n) is 15.4. The van der Waals surface area contributed by atoms with Gasteiger partial charge in [-0.15, -0.1) is 30.6 Å². The summed E-state index contributed by atoms with van der Waals surface area (Å²) >= 11 is 0. The second-order valence-corrected chi connectivity index (χ2v) is 6.33. The Labute approximate surface area is 164 Å². The van der Waals surface area contributed by atoms with Crippen LogP contribution in [0.5, 0.6) is 0 Å². The van der Waals surface area contributed by atoms with Crippen molar-refractivity contribution in [3.05, 3.63) is 12.7 Å². The molecule has 0 aromatic heterocycles. The molecule has 24 heavy (non-hydrogen) atoms. The third-order valence-corrected chi connectivity index (χ3v) is 4.33. The predicted octanol–water partition coefficient (Wildman–Crippen LogP) is 3.31. The molecule has 1 rings (SSSR count). The average molecular weight is 450 g/mol. The third-order valence-electron chi connectivity index (χ3n) is 4.33. The van der Waals surface area contributed by atoms with Gasteiger partial charge in [0.15, 0.2) is 5.96 Å². The first-order chi connectivity index (χ1) is 11.2. The summed E-state index contributed by atoms with van der Waals surface area (Å²) < 4.78 is 0. The van der Waals surface area contributed by atoms with Gasteiger partial charge in [-0.3, -0.25) is 9.79 Å². The average Bonchev–Trinajstić information content (AvgIpc) is 3.04. The smallest absolute Gasteiger partial charge is 0.221 e. The first-order valence-corrected chi connectivity index (χ1v) is 8.99. The molecule has 0 radical (unpaired) electrons. The Kier molecular flexibility index (Phi) is 14.1. The maximum absolute atomic E-state index is 11.9. The number of nitrogens with one attached hydrogen (secondary N) is 2. The van der Waals surface area contributed by atoms with Crippen molar-refractivity contribution in [2.75, 3.05) is 27.2 Å². The van der Waals surface area contributed by atoms with Crippen LogP contribution in [-0.2, 0) is 4.79 Å². The van der Waals surface area contributed by atoms with Gasteiger partial charge in [0.05, 0.1) is 0 Å². The van der Waals surface area contributed by atoms with Crippen LogP contribution in [0.25, 0.3) is 0 Å². The van der Waals surface area contributed by atoms with Crippen LogP contribution in [0.1, 0.15) is 57.8 Å². The molecule has 0 spiro atoms. The topological polar surface area (TPSA) is 56.7 Å². The summed E-state index contributed by atoms with van der Waals surface area (Å²) in [6.07, 6.45) is 11.9. The largest absolute Gasteiger partial charge is 0.356 e. The predicted molar refractivity (Wildman–Crippen MR) is 113 cm³/mol. The van der Waals surface area contributed by atoms with Crippen molar-refractivity contribution < 1.29 is 4.79 Å². The molecule has 0 unspecified atom stereocenters. The Morgan fingerprint density at radius 2 is 2.00 bits per heavy atom. The number of hydrogen-bond acceptors (Lipinski definition) is 2. The van der Waals surface area contributed by atoms with E-state index in [0.29, 0.717) is 19.0 Å². The summed E-state index contributed by atoms with van der Waals surface area (Å²) in [7, 11) is 3.83. The number of guanidine groups is 1. The van der Waals surface area contributed by atoms with Crippen LogP contribution < -0.4 is 10.6 Å². The van der Waals surface area contributed by atoms with Crippen LogP contribution in [0.3, 0.4) is 0 Å². The van der Waals surface area contributed by atoms with Crippen molar-refractivity contribution >= 4 is 35.8 Å². The van der Waals surface area contributed by atoms with E-state index in [9.17, 15) is 4.79 Å². The second kappa shape index (κ2) is 14.5. The molecule has 0 saturated heterocycles. The van der Waals surface area contributed by atoms with Crippen molar-refractivity contribution in [2.24, 2.45) is 4.99 Å². The maximum Gasteiger partial charge on any atom is 0.221 e. The molecule has 0 aromatic rings. The third kappa shape index (κ3) is 10.2. The van der Waals surface area contributed by atoms with Gasteiger partial charge < -0.3 is 15.5 Å². The van der Waals surface area contributed by atoms with Crippen molar-refractivity contribution in [1.82, 2.24) is 15.5 Å². The van der Waals surface area contributed by atoms with Gasteiger partial charge >= 0.3 is 0 Å². The van der Waals surface area contributed by atoms with Crippen LogP contribution in [0, 0.1) is 0 Å².